The third kappa shape index (κ3) is 4.89. The summed E-state index contributed by atoms with van der Waals surface area (Å²) in [6.07, 6.45) is -2.62. The fraction of sp³-hybridized carbons (Fsp3) is 0.400. The van der Waals surface area contributed by atoms with E-state index in [4.69, 9.17) is 0 Å². The number of ether oxygens (including phenoxy) is 3. The first-order valence-electron chi connectivity index (χ1n) is 2.54. The molecule has 6 heteroatoms. The van der Waals surface area contributed by atoms with Crippen LogP contribution in [0.5, 0.6) is 0 Å². The Labute approximate surface area is 62.0 Å². The van der Waals surface area contributed by atoms with Crippen LogP contribution in [0, 0.1) is 0 Å². The second-order valence-electron chi connectivity index (χ2n) is 1.40. The lowest BCUT2D eigenvalue weighted by molar-refractivity contribution is -0.136. The van der Waals surface area contributed by atoms with Crippen LogP contribution >= 0.6 is 0 Å². The monoisotopic (exact) mass is 162 g/mol. The predicted molar refractivity (Wildman–Crippen MR) is 30.7 cm³/mol. The Balaban J connectivity index is 3.70. The van der Waals surface area contributed by atoms with Crippen LogP contribution in [0.4, 0.5) is 9.59 Å². The van der Waals surface area contributed by atoms with E-state index in [-0.39, 0.29) is 0 Å². The smallest absolute Gasteiger partial charge is 0.437 e. The van der Waals surface area contributed by atoms with Crippen LogP contribution in [0.2, 0.25) is 0 Å². The van der Waals surface area contributed by atoms with Gasteiger partial charge in [0, 0.05) is 6.92 Å². The van der Waals surface area contributed by atoms with Crippen LogP contribution in [-0.2, 0) is 19.0 Å². The van der Waals surface area contributed by atoms with Crippen molar-refractivity contribution in [3.8, 4) is 0 Å². The van der Waals surface area contributed by atoms with E-state index in [0.29, 0.717) is 0 Å². The zero-order chi connectivity index (χ0) is 8.85. The lowest BCUT2D eigenvalue weighted by Gasteiger charge is -1.97. The molecule has 0 unspecified atom stereocenters. The van der Waals surface area contributed by atoms with Crippen molar-refractivity contribution in [2.24, 2.45) is 0 Å². The van der Waals surface area contributed by atoms with E-state index < -0.39 is 18.3 Å². The van der Waals surface area contributed by atoms with Gasteiger partial charge in [0.25, 0.3) is 0 Å². The maximum Gasteiger partial charge on any atom is 0.526 e. The van der Waals surface area contributed by atoms with Crippen molar-refractivity contribution in [3.05, 3.63) is 0 Å². The first-order valence-corrected chi connectivity index (χ1v) is 2.54. The van der Waals surface area contributed by atoms with Gasteiger partial charge in [-0.3, -0.25) is 4.79 Å². The van der Waals surface area contributed by atoms with E-state index in [2.05, 4.69) is 14.2 Å². The van der Waals surface area contributed by atoms with Crippen molar-refractivity contribution in [2.45, 2.75) is 6.92 Å². The molecule has 0 radical (unpaired) electrons. The number of carbonyl (C=O) groups is 3. The minimum absolute atomic E-state index is 0.862. The van der Waals surface area contributed by atoms with Crippen molar-refractivity contribution < 1.29 is 28.6 Å². The molecule has 0 aliphatic carbocycles. The quantitative estimate of drug-likeness (QED) is 0.380. The largest absolute Gasteiger partial charge is 0.526 e. The molecule has 0 rings (SSSR count). The molecule has 11 heavy (non-hydrogen) atoms. The summed E-state index contributed by atoms with van der Waals surface area (Å²) < 4.78 is 11.5. The van der Waals surface area contributed by atoms with Gasteiger partial charge in [-0.25, -0.2) is 9.59 Å². The second-order valence-corrected chi connectivity index (χ2v) is 1.40. The molecule has 6 nitrogen and oxygen atoms in total. The molecule has 0 saturated heterocycles. The molecule has 0 aromatic carbocycles. The minimum Gasteiger partial charge on any atom is -0.437 e. The van der Waals surface area contributed by atoms with Crippen LogP contribution in [0.1, 0.15) is 6.92 Å². The standard InChI is InChI=1S/C5H6O6/c1-3(6)10-5(8)11-4(7)9-2/h1-2H3. The van der Waals surface area contributed by atoms with Gasteiger partial charge < -0.3 is 14.2 Å². The molecular formula is C5H6O6. The van der Waals surface area contributed by atoms with Crippen LogP contribution in [0.3, 0.4) is 0 Å². The summed E-state index contributed by atoms with van der Waals surface area (Å²) in [5.74, 6) is -0.862. The highest BCUT2D eigenvalue weighted by Gasteiger charge is 2.12. The summed E-state index contributed by atoms with van der Waals surface area (Å²) in [6, 6.07) is 0. The lowest BCUT2D eigenvalue weighted by atomic mass is 10.8. The Morgan fingerprint density at radius 1 is 1.00 bits per heavy atom. The molecule has 0 aliphatic rings. The Kier molecular flexibility index (Phi) is 3.65. The highest BCUT2D eigenvalue weighted by molar-refractivity contribution is 5.85. The summed E-state index contributed by atoms with van der Waals surface area (Å²) in [5.41, 5.74) is 0. The molecule has 0 spiro atoms. The Hall–Kier alpha value is -1.59. The Morgan fingerprint density at radius 2 is 1.55 bits per heavy atom. The zero-order valence-corrected chi connectivity index (χ0v) is 5.95. The summed E-state index contributed by atoms with van der Waals surface area (Å²) in [6.45, 7) is 0.999. The lowest BCUT2D eigenvalue weighted by Crippen LogP contribution is -2.15. The maximum absolute atomic E-state index is 10.3. The van der Waals surface area contributed by atoms with Gasteiger partial charge in [-0.2, -0.15) is 0 Å². The van der Waals surface area contributed by atoms with Gasteiger partial charge in [0.15, 0.2) is 0 Å². The fourth-order valence-electron chi connectivity index (χ4n) is 0.248. The number of carbonyl (C=O) groups excluding carboxylic acids is 3. The Morgan fingerprint density at radius 3 is 1.91 bits per heavy atom. The van der Waals surface area contributed by atoms with Crippen LogP contribution < -0.4 is 0 Å². The van der Waals surface area contributed by atoms with Crippen molar-refractivity contribution in [3.63, 3.8) is 0 Å². The minimum atomic E-state index is -1.40. The number of hydrogen-bond acceptors (Lipinski definition) is 6. The third-order valence-electron chi connectivity index (χ3n) is 0.560. The molecule has 0 N–H and O–H groups in total. The molecule has 0 aromatic heterocycles. The molecule has 0 bridgehead atoms. The van der Waals surface area contributed by atoms with Crippen molar-refractivity contribution in [1.29, 1.82) is 0 Å². The number of methoxy groups -OCH3 is 1. The van der Waals surface area contributed by atoms with Gasteiger partial charge in [-0.15, -0.1) is 0 Å². The predicted octanol–water partition coefficient (Wildman–Crippen LogP) is 0.452. The average molecular weight is 162 g/mol. The number of rotatable bonds is 0. The van der Waals surface area contributed by atoms with Gasteiger partial charge in [-0.1, -0.05) is 0 Å². The molecule has 0 atom stereocenters. The molecule has 0 amide bonds. The van der Waals surface area contributed by atoms with E-state index in [0.717, 1.165) is 14.0 Å². The molecule has 0 aliphatic heterocycles. The normalized spacial score (nSPS) is 8.18. The maximum atomic E-state index is 10.3. The zero-order valence-electron chi connectivity index (χ0n) is 5.95. The van der Waals surface area contributed by atoms with Gasteiger partial charge in [-0.05, 0) is 0 Å². The molecule has 62 valence electrons. The van der Waals surface area contributed by atoms with Gasteiger partial charge in [0.1, 0.15) is 0 Å². The topological polar surface area (TPSA) is 78.9 Å². The summed E-state index contributed by atoms with van der Waals surface area (Å²) in [4.78, 5) is 30.5. The van der Waals surface area contributed by atoms with E-state index in [9.17, 15) is 14.4 Å². The first-order chi connectivity index (χ1) is 5.06. The average Bonchev–Trinajstić information content (AvgIpc) is 1.85. The van der Waals surface area contributed by atoms with E-state index in [1.807, 2.05) is 0 Å². The summed E-state index contributed by atoms with van der Waals surface area (Å²) in [7, 11) is 1.02. The second kappa shape index (κ2) is 4.26. The van der Waals surface area contributed by atoms with Crippen molar-refractivity contribution in [2.75, 3.05) is 7.11 Å². The van der Waals surface area contributed by atoms with E-state index in [1.165, 1.54) is 0 Å². The molecular weight excluding hydrogens is 156 g/mol. The third-order valence-corrected chi connectivity index (χ3v) is 0.560. The van der Waals surface area contributed by atoms with Gasteiger partial charge in [0.2, 0.25) is 0 Å². The fourth-order valence-corrected chi connectivity index (χ4v) is 0.248. The molecule has 0 heterocycles. The highest BCUT2D eigenvalue weighted by atomic mass is 16.8. The number of hydrogen-bond donors (Lipinski definition) is 0. The SMILES string of the molecule is COC(=O)OC(=O)OC(C)=O. The number of esters is 1. The van der Waals surface area contributed by atoms with E-state index in [1.54, 1.807) is 0 Å². The Bertz CT molecular complexity index is 183. The van der Waals surface area contributed by atoms with Gasteiger partial charge >= 0.3 is 18.3 Å². The van der Waals surface area contributed by atoms with Crippen molar-refractivity contribution in [1.82, 2.24) is 0 Å². The summed E-state index contributed by atoms with van der Waals surface area (Å²) in [5, 5.41) is 0. The van der Waals surface area contributed by atoms with Crippen LogP contribution in [0.25, 0.3) is 0 Å². The molecule has 0 saturated carbocycles. The van der Waals surface area contributed by atoms with Crippen LogP contribution in [0.15, 0.2) is 0 Å². The highest BCUT2D eigenvalue weighted by Crippen LogP contribution is 1.88. The first kappa shape index (κ1) is 9.41. The molecule has 0 aromatic rings. The van der Waals surface area contributed by atoms with Crippen molar-refractivity contribution >= 4 is 18.3 Å². The van der Waals surface area contributed by atoms with Crippen LogP contribution in [-0.4, -0.2) is 25.4 Å². The van der Waals surface area contributed by atoms with E-state index >= 15 is 0 Å². The summed E-state index contributed by atoms with van der Waals surface area (Å²) >= 11 is 0. The van der Waals surface area contributed by atoms with Gasteiger partial charge in [0.05, 0.1) is 7.11 Å². The molecule has 0 fully saturated rings.